The monoisotopic (exact) mass is 355 g/mol. The van der Waals surface area contributed by atoms with Crippen LogP contribution >= 0.6 is 11.6 Å². The minimum Gasteiger partial charge on any atom is -0.311 e. The van der Waals surface area contributed by atoms with Crippen molar-refractivity contribution in [2.75, 3.05) is 5.32 Å². The SMILES string of the molecule is C[C@@H](C(=O)Nc1cc(C2CC2)n[nH]1)c1cnn(-c2cccc(Cl)c2)c1. The first-order valence-electron chi connectivity index (χ1n) is 8.27. The first-order valence-corrected chi connectivity index (χ1v) is 8.64. The lowest BCUT2D eigenvalue weighted by Crippen LogP contribution is -2.18. The van der Waals surface area contributed by atoms with E-state index in [1.807, 2.05) is 43.5 Å². The van der Waals surface area contributed by atoms with Crippen molar-refractivity contribution in [1.29, 1.82) is 0 Å². The summed E-state index contributed by atoms with van der Waals surface area (Å²) in [5.41, 5.74) is 2.71. The third-order valence-electron chi connectivity index (χ3n) is 4.42. The van der Waals surface area contributed by atoms with E-state index in [4.69, 9.17) is 11.6 Å². The summed E-state index contributed by atoms with van der Waals surface area (Å²) in [4.78, 5) is 12.5. The molecule has 2 N–H and O–H groups in total. The number of carbonyl (C=O) groups excluding carboxylic acids is 1. The lowest BCUT2D eigenvalue weighted by atomic mass is 10.0. The topological polar surface area (TPSA) is 75.6 Å². The maximum Gasteiger partial charge on any atom is 0.232 e. The fraction of sp³-hybridized carbons (Fsp3) is 0.278. The Labute approximate surface area is 150 Å². The zero-order chi connectivity index (χ0) is 17.4. The number of H-pyrrole nitrogens is 1. The maximum absolute atomic E-state index is 12.5. The molecule has 7 heteroatoms. The van der Waals surface area contributed by atoms with Gasteiger partial charge in [0.25, 0.3) is 0 Å². The molecule has 0 bridgehead atoms. The molecule has 4 rings (SSSR count). The first kappa shape index (κ1) is 15.9. The van der Waals surface area contributed by atoms with Crippen LogP contribution in [0.4, 0.5) is 5.82 Å². The van der Waals surface area contributed by atoms with Gasteiger partial charge in [-0.3, -0.25) is 9.89 Å². The molecule has 0 aliphatic heterocycles. The Morgan fingerprint density at radius 2 is 2.24 bits per heavy atom. The molecule has 1 aromatic carbocycles. The third kappa shape index (κ3) is 3.44. The molecule has 6 nitrogen and oxygen atoms in total. The van der Waals surface area contributed by atoms with Gasteiger partial charge in [-0.1, -0.05) is 17.7 Å². The second-order valence-corrected chi connectivity index (χ2v) is 6.83. The maximum atomic E-state index is 12.5. The summed E-state index contributed by atoms with van der Waals surface area (Å²) in [5, 5.41) is 15.0. The van der Waals surface area contributed by atoms with Gasteiger partial charge in [0.05, 0.1) is 23.5 Å². The Balaban J connectivity index is 1.46. The summed E-state index contributed by atoms with van der Waals surface area (Å²) in [6.45, 7) is 1.85. The average Bonchev–Trinajstić information content (AvgIpc) is 3.15. The molecule has 1 aliphatic rings. The van der Waals surface area contributed by atoms with Crippen LogP contribution in [0.5, 0.6) is 0 Å². The Kier molecular flexibility index (Phi) is 4.05. The summed E-state index contributed by atoms with van der Waals surface area (Å²) < 4.78 is 1.71. The fourth-order valence-electron chi connectivity index (χ4n) is 2.70. The van der Waals surface area contributed by atoms with Crippen LogP contribution in [0.15, 0.2) is 42.7 Å². The zero-order valence-electron chi connectivity index (χ0n) is 13.7. The van der Waals surface area contributed by atoms with Gasteiger partial charge in [-0.25, -0.2) is 4.68 Å². The van der Waals surface area contributed by atoms with Crippen LogP contribution in [0.25, 0.3) is 5.69 Å². The third-order valence-corrected chi connectivity index (χ3v) is 4.65. The van der Waals surface area contributed by atoms with Gasteiger partial charge in [-0.05, 0) is 38.0 Å². The molecule has 128 valence electrons. The lowest BCUT2D eigenvalue weighted by Gasteiger charge is -2.08. The molecule has 1 amide bonds. The Morgan fingerprint density at radius 3 is 3.00 bits per heavy atom. The number of anilines is 1. The highest BCUT2D eigenvalue weighted by molar-refractivity contribution is 6.30. The van der Waals surface area contributed by atoms with Crippen molar-refractivity contribution in [2.24, 2.45) is 0 Å². The van der Waals surface area contributed by atoms with Crippen molar-refractivity contribution in [3.8, 4) is 5.69 Å². The number of hydrogen-bond donors (Lipinski definition) is 2. The van der Waals surface area contributed by atoms with Crippen LogP contribution in [0.1, 0.15) is 42.9 Å². The van der Waals surface area contributed by atoms with Crippen molar-refractivity contribution in [2.45, 2.75) is 31.6 Å². The van der Waals surface area contributed by atoms with E-state index in [0.29, 0.717) is 16.8 Å². The van der Waals surface area contributed by atoms with E-state index in [-0.39, 0.29) is 11.8 Å². The quantitative estimate of drug-likeness (QED) is 0.729. The van der Waals surface area contributed by atoms with Gasteiger partial charge >= 0.3 is 0 Å². The Morgan fingerprint density at radius 1 is 1.40 bits per heavy atom. The summed E-state index contributed by atoms with van der Waals surface area (Å²) >= 11 is 6.02. The van der Waals surface area contributed by atoms with Crippen LogP contribution < -0.4 is 5.32 Å². The molecule has 0 radical (unpaired) electrons. The number of nitrogens with zero attached hydrogens (tertiary/aromatic N) is 3. The van der Waals surface area contributed by atoms with Crippen molar-refractivity contribution < 1.29 is 4.79 Å². The van der Waals surface area contributed by atoms with E-state index >= 15 is 0 Å². The van der Waals surface area contributed by atoms with Crippen molar-refractivity contribution in [1.82, 2.24) is 20.0 Å². The Hall–Kier alpha value is -2.60. The van der Waals surface area contributed by atoms with E-state index in [0.717, 1.165) is 16.9 Å². The number of hydrogen-bond acceptors (Lipinski definition) is 3. The highest BCUT2D eigenvalue weighted by Crippen LogP contribution is 2.39. The summed E-state index contributed by atoms with van der Waals surface area (Å²) in [5.74, 6) is 0.758. The van der Waals surface area contributed by atoms with Crippen LogP contribution in [-0.2, 0) is 4.79 Å². The highest BCUT2D eigenvalue weighted by atomic mass is 35.5. The summed E-state index contributed by atoms with van der Waals surface area (Å²) in [6, 6.07) is 9.33. The smallest absolute Gasteiger partial charge is 0.232 e. The average molecular weight is 356 g/mol. The summed E-state index contributed by atoms with van der Waals surface area (Å²) in [6.07, 6.45) is 5.90. The second-order valence-electron chi connectivity index (χ2n) is 6.39. The standard InChI is InChI=1S/C18H18ClN5O/c1-11(18(25)21-17-8-16(22-23-17)12-5-6-12)13-9-20-24(10-13)15-4-2-3-14(19)7-15/h2-4,7-12H,5-6H2,1H3,(H2,21,22,23,25)/t11-/m1/s1. The molecule has 0 saturated heterocycles. The van der Waals surface area contributed by atoms with Gasteiger partial charge in [0, 0.05) is 28.8 Å². The number of carbonyl (C=O) groups is 1. The molecule has 1 atom stereocenters. The fourth-order valence-corrected chi connectivity index (χ4v) is 2.89. The van der Waals surface area contributed by atoms with Crippen molar-refractivity contribution >= 4 is 23.3 Å². The number of rotatable bonds is 5. The van der Waals surface area contributed by atoms with E-state index < -0.39 is 0 Å². The van der Waals surface area contributed by atoms with Crippen LogP contribution in [0.3, 0.4) is 0 Å². The van der Waals surface area contributed by atoms with Crippen molar-refractivity contribution in [3.63, 3.8) is 0 Å². The molecule has 1 aliphatic carbocycles. The first-order chi connectivity index (χ1) is 12.1. The molecule has 1 fully saturated rings. The molecular formula is C18H18ClN5O. The number of nitrogens with one attached hydrogen (secondary N) is 2. The predicted octanol–water partition coefficient (Wildman–Crippen LogP) is 3.87. The lowest BCUT2D eigenvalue weighted by molar-refractivity contribution is -0.117. The minimum absolute atomic E-state index is 0.100. The number of aromatic amines is 1. The molecule has 2 heterocycles. The minimum atomic E-state index is -0.333. The van der Waals surface area contributed by atoms with Gasteiger partial charge in [0.2, 0.25) is 5.91 Å². The van der Waals surface area contributed by atoms with E-state index in [9.17, 15) is 4.79 Å². The van der Waals surface area contributed by atoms with Gasteiger partial charge in [0.1, 0.15) is 5.82 Å². The number of benzene rings is 1. The van der Waals surface area contributed by atoms with E-state index in [1.165, 1.54) is 12.8 Å². The molecule has 0 unspecified atom stereocenters. The molecular weight excluding hydrogens is 338 g/mol. The molecule has 25 heavy (non-hydrogen) atoms. The Bertz CT molecular complexity index is 912. The molecule has 1 saturated carbocycles. The van der Waals surface area contributed by atoms with Crippen LogP contribution in [-0.4, -0.2) is 25.9 Å². The van der Waals surface area contributed by atoms with E-state index in [2.05, 4.69) is 20.6 Å². The zero-order valence-corrected chi connectivity index (χ0v) is 14.5. The van der Waals surface area contributed by atoms with E-state index in [1.54, 1.807) is 10.9 Å². The predicted molar refractivity (Wildman–Crippen MR) is 96.2 cm³/mol. The van der Waals surface area contributed by atoms with Gasteiger partial charge < -0.3 is 5.32 Å². The molecule has 3 aromatic rings. The van der Waals surface area contributed by atoms with Crippen LogP contribution in [0.2, 0.25) is 5.02 Å². The largest absolute Gasteiger partial charge is 0.311 e. The van der Waals surface area contributed by atoms with Crippen LogP contribution in [0, 0.1) is 0 Å². The van der Waals surface area contributed by atoms with Crippen molar-refractivity contribution in [3.05, 3.63) is 59.0 Å². The van der Waals surface area contributed by atoms with Gasteiger partial charge in [-0.2, -0.15) is 10.2 Å². The number of aromatic nitrogens is 4. The van der Waals surface area contributed by atoms with Gasteiger partial charge in [-0.15, -0.1) is 0 Å². The number of halogens is 1. The highest BCUT2D eigenvalue weighted by Gasteiger charge is 2.26. The molecule has 0 spiro atoms. The number of amides is 1. The second kappa shape index (κ2) is 6.37. The summed E-state index contributed by atoms with van der Waals surface area (Å²) in [7, 11) is 0. The molecule has 2 aromatic heterocycles. The van der Waals surface area contributed by atoms with Gasteiger partial charge in [0.15, 0.2) is 0 Å². The normalized spacial score (nSPS) is 15.1.